The van der Waals surface area contributed by atoms with Crippen LogP contribution in [0.2, 0.25) is 0 Å². The lowest BCUT2D eigenvalue weighted by Gasteiger charge is -2.47. The van der Waals surface area contributed by atoms with E-state index in [2.05, 4.69) is 4.72 Å². The smallest absolute Gasteiger partial charge is 0.243 e. The van der Waals surface area contributed by atoms with Crippen molar-refractivity contribution in [3.8, 4) is 0 Å². The Hall–Kier alpha value is -1.18. The molecule has 118 valence electrons. The Morgan fingerprint density at radius 2 is 2.00 bits per heavy atom. The molecule has 0 bridgehead atoms. The van der Waals surface area contributed by atoms with Crippen LogP contribution in [0.3, 0.4) is 0 Å². The summed E-state index contributed by atoms with van der Waals surface area (Å²) >= 11 is 0. The predicted molar refractivity (Wildman–Crippen MR) is 81.0 cm³/mol. The highest BCUT2D eigenvalue weighted by Crippen LogP contribution is 2.35. The first kappa shape index (κ1) is 16.2. The first-order valence-corrected chi connectivity index (χ1v) is 8.39. The largest absolute Gasteiger partial charge is 0.398 e. The number of hydrogen-bond donors (Lipinski definition) is 2. The van der Waals surface area contributed by atoms with E-state index >= 15 is 0 Å². The fourth-order valence-electron chi connectivity index (χ4n) is 2.55. The van der Waals surface area contributed by atoms with Crippen molar-refractivity contribution in [3.05, 3.63) is 23.5 Å². The molecule has 0 atom stereocenters. The van der Waals surface area contributed by atoms with Crippen LogP contribution >= 0.6 is 0 Å². The van der Waals surface area contributed by atoms with Crippen LogP contribution in [0.5, 0.6) is 0 Å². The summed E-state index contributed by atoms with van der Waals surface area (Å²) in [7, 11) is -0.0478. The van der Waals surface area contributed by atoms with Crippen LogP contribution in [0.25, 0.3) is 0 Å². The maximum absolute atomic E-state index is 13.9. The lowest BCUT2D eigenvalue weighted by atomic mass is 9.76. The monoisotopic (exact) mass is 315 g/mol. The zero-order chi connectivity index (χ0) is 15.8. The van der Waals surface area contributed by atoms with Crippen molar-refractivity contribution in [2.45, 2.75) is 36.6 Å². The molecule has 1 fully saturated rings. The Bertz CT molecular complexity index is 640. The summed E-state index contributed by atoms with van der Waals surface area (Å²) in [4.78, 5) is 1.64. The minimum absolute atomic E-state index is 0.167. The molecular formula is C14H22FN3O2S. The van der Waals surface area contributed by atoms with Gasteiger partial charge >= 0.3 is 0 Å². The number of nitrogen functional groups attached to an aromatic ring is 1. The van der Waals surface area contributed by atoms with Crippen molar-refractivity contribution in [1.29, 1.82) is 0 Å². The highest BCUT2D eigenvalue weighted by atomic mass is 32.2. The van der Waals surface area contributed by atoms with Crippen LogP contribution in [0, 0.1) is 12.7 Å². The lowest BCUT2D eigenvalue weighted by molar-refractivity contribution is 0.0656. The molecular weight excluding hydrogens is 293 g/mol. The van der Waals surface area contributed by atoms with Crippen LogP contribution in [-0.4, -0.2) is 39.5 Å². The molecule has 0 unspecified atom stereocenters. The number of hydrogen-bond acceptors (Lipinski definition) is 4. The van der Waals surface area contributed by atoms with E-state index in [1.807, 2.05) is 19.0 Å². The van der Waals surface area contributed by atoms with Gasteiger partial charge < -0.3 is 10.6 Å². The van der Waals surface area contributed by atoms with Crippen LogP contribution < -0.4 is 10.5 Å². The Morgan fingerprint density at radius 3 is 2.48 bits per heavy atom. The van der Waals surface area contributed by atoms with Crippen LogP contribution in [0.4, 0.5) is 10.1 Å². The van der Waals surface area contributed by atoms with Gasteiger partial charge in [0.15, 0.2) is 0 Å². The molecule has 21 heavy (non-hydrogen) atoms. The molecule has 0 saturated heterocycles. The van der Waals surface area contributed by atoms with Crippen molar-refractivity contribution in [3.63, 3.8) is 0 Å². The van der Waals surface area contributed by atoms with Gasteiger partial charge in [0.1, 0.15) is 10.7 Å². The molecule has 0 spiro atoms. The zero-order valence-electron chi connectivity index (χ0n) is 12.6. The highest BCUT2D eigenvalue weighted by Gasteiger charge is 2.40. The van der Waals surface area contributed by atoms with E-state index < -0.39 is 15.8 Å². The van der Waals surface area contributed by atoms with Gasteiger partial charge in [-0.25, -0.2) is 17.5 Å². The van der Waals surface area contributed by atoms with E-state index in [0.717, 1.165) is 25.3 Å². The SMILES string of the molecule is Cc1cc(F)c(S(=O)(=O)NCC2(N(C)C)CCC2)cc1N. The second kappa shape index (κ2) is 5.55. The van der Waals surface area contributed by atoms with Crippen molar-refractivity contribution in [1.82, 2.24) is 9.62 Å². The number of nitrogens with zero attached hydrogens (tertiary/aromatic N) is 1. The van der Waals surface area contributed by atoms with Gasteiger partial charge in [0.25, 0.3) is 0 Å². The summed E-state index contributed by atoms with van der Waals surface area (Å²) in [6, 6.07) is 2.32. The molecule has 0 aliphatic heterocycles. The quantitative estimate of drug-likeness (QED) is 0.807. The first-order valence-electron chi connectivity index (χ1n) is 6.91. The van der Waals surface area contributed by atoms with Gasteiger partial charge in [0.05, 0.1) is 0 Å². The number of aryl methyl sites for hydroxylation is 1. The van der Waals surface area contributed by atoms with Gasteiger partial charge in [0.2, 0.25) is 10.0 Å². The van der Waals surface area contributed by atoms with E-state index in [9.17, 15) is 12.8 Å². The molecule has 5 nitrogen and oxygen atoms in total. The van der Waals surface area contributed by atoms with E-state index in [1.165, 1.54) is 6.07 Å². The number of nitrogens with two attached hydrogens (primary N) is 1. The molecule has 0 heterocycles. The fraction of sp³-hybridized carbons (Fsp3) is 0.571. The van der Waals surface area contributed by atoms with Gasteiger partial charge in [-0.2, -0.15) is 0 Å². The van der Waals surface area contributed by atoms with E-state index in [-0.39, 0.29) is 22.7 Å². The third-order valence-corrected chi connectivity index (χ3v) is 5.85. The van der Waals surface area contributed by atoms with Gasteiger partial charge in [-0.05, 0) is 58.0 Å². The summed E-state index contributed by atoms with van der Waals surface area (Å²) in [6.07, 6.45) is 2.94. The molecule has 7 heteroatoms. The number of sulfonamides is 1. The summed E-state index contributed by atoms with van der Waals surface area (Å²) in [6.45, 7) is 1.91. The normalized spacial score (nSPS) is 17.8. The maximum atomic E-state index is 13.9. The molecule has 1 saturated carbocycles. The predicted octanol–water partition coefficient (Wildman–Crippen LogP) is 1.48. The second-order valence-corrected chi connectivity index (χ2v) is 7.67. The third kappa shape index (κ3) is 3.04. The maximum Gasteiger partial charge on any atom is 0.243 e. The molecule has 1 aromatic rings. The number of benzene rings is 1. The molecule has 1 aliphatic rings. The third-order valence-electron chi connectivity index (χ3n) is 4.43. The van der Waals surface area contributed by atoms with Crippen molar-refractivity contribution in [2.75, 3.05) is 26.4 Å². The van der Waals surface area contributed by atoms with Crippen molar-refractivity contribution < 1.29 is 12.8 Å². The Labute approximate surface area is 125 Å². The molecule has 2 rings (SSSR count). The molecule has 0 amide bonds. The number of anilines is 1. The Balaban J connectivity index is 2.21. The minimum Gasteiger partial charge on any atom is -0.398 e. The fourth-order valence-corrected chi connectivity index (χ4v) is 3.76. The van der Waals surface area contributed by atoms with Crippen molar-refractivity contribution >= 4 is 15.7 Å². The molecule has 0 radical (unpaired) electrons. The summed E-state index contributed by atoms with van der Waals surface area (Å²) < 4.78 is 41.0. The van der Waals surface area contributed by atoms with Gasteiger partial charge in [0, 0.05) is 17.8 Å². The molecule has 0 aromatic heterocycles. The summed E-state index contributed by atoms with van der Waals surface area (Å²) in [5.41, 5.74) is 6.31. The standard InChI is InChI=1S/C14H22FN3O2S/c1-10-7-11(15)13(8-12(10)16)21(19,20)17-9-14(18(2)3)5-4-6-14/h7-8,17H,4-6,9,16H2,1-3H3. The summed E-state index contributed by atoms with van der Waals surface area (Å²) in [5, 5.41) is 0. The molecule has 1 aromatic carbocycles. The minimum atomic E-state index is -3.90. The van der Waals surface area contributed by atoms with Crippen LogP contribution in [0.15, 0.2) is 17.0 Å². The van der Waals surface area contributed by atoms with Crippen LogP contribution in [0.1, 0.15) is 24.8 Å². The Morgan fingerprint density at radius 1 is 1.38 bits per heavy atom. The average molecular weight is 315 g/mol. The van der Waals surface area contributed by atoms with Crippen LogP contribution in [-0.2, 0) is 10.0 Å². The molecule has 3 N–H and O–H groups in total. The number of likely N-dealkylation sites (N-methyl/N-ethyl adjacent to an activating group) is 1. The number of nitrogens with one attached hydrogen (secondary N) is 1. The van der Waals surface area contributed by atoms with E-state index in [4.69, 9.17) is 5.73 Å². The molecule has 1 aliphatic carbocycles. The lowest BCUT2D eigenvalue weighted by Crippen LogP contribution is -2.57. The number of halogens is 1. The van der Waals surface area contributed by atoms with Crippen molar-refractivity contribution in [2.24, 2.45) is 0 Å². The summed E-state index contributed by atoms with van der Waals surface area (Å²) in [5.74, 6) is -0.776. The van der Waals surface area contributed by atoms with E-state index in [1.54, 1.807) is 6.92 Å². The second-order valence-electron chi connectivity index (χ2n) is 5.94. The van der Waals surface area contributed by atoms with Gasteiger partial charge in [-0.15, -0.1) is 0 Å². The van der Waals surface area contributed by atoms with Gasteiger partial charge in [-0.1, -0.05) is 0 Å². The zero-order valence-corrected chi connectivity index (χ0v) is 13.4. The van der Waals surface area contributed by atoms with Gasteiger partial charge in [-0.3, -0.25) is 0 Å². The topological polar surface area (TPSA) is 75.4 Å². The first-order chi connectivity index (χ1) is 9.68. The average Bonchev–Trinajstić information content (AvgIpc) is 2.31. The number of rotatable bonds is 5. The Kier molecular flexibility index (Phi) is 4.28. The highest BCUT2D eigenvalue weighted by molar-refractivity contribution is 7.89. The van der Waals surface area contributed by atoms with E-state index in [0.29, 0.717) is 5.56 Å².